The average molecular weight is 283 g/mol. The van der Waals surface area contributed by atoms with E-state index in [0.717, 1.165) is 0 Å². The smallest absolute Gasteiger partial charge is 0.259 e. The van der Waals surface area contributed by atoms with E-state index < -0.39 is 5.91 Å². The largest absolute Gasteiger partial charge is 0.343 e. The molecule has 106 valence electrons. The van der Waals surface area contributed by atoms with Gasteiger partial charge in [0.15, 0.2) is 0 Å². The van der Waals surface area contributed by atoms with E-state index in [4.69, 9.17) is 0 Å². The van der Waals surface area contributed by atoms with Gasteiger partial charge in [-0.3, -0.25) is 19.6 Å². The zero-order valence-electron chi connectivity index (χ0n) is 11.1. The van der Waals surface area contributed by atoms with E-state index in [-0.39, 0.29) is 12.5 Å². The Morgan fingerprint density at radius 3 is 2.67 bits per heavy atom. The highest BCUT2D eigenvalue weighted by Crippen LogP contribution is 1.94. The highest BCUT2D eigenvalue weighted by molar-refractivity contribution is 5.96. The van der Waals surface area contributed by atoms with Crippen LogP contribution < -0.4 is 10.7 Å². The molecule has 0 radical (unpaired) electrons. The van der Waals surface area contributed by atoms with Gasteiger partial charge in [-0.25, -0.2) is 5.43 Å². The van der Waals surface area contributed by atoms with E-state index in [2.05, 4.69) is 25.8 Å². The molecule has 7 heteroatoms. The van der Waals surface area contributed by atoms with Crippen molar-refractivity contribution < 1.29 is 9.59 Å². The van der Waals surface area contributed by atoms with Crippen molar-refractivity contribution in [3.8, 4) is 0 Å². The Hall–Kier alpha value is -3.09. The molecular formula is C14H13N5O2. The van der Waals surface area contributed by atoms with E-state index in [1.54, 1.807) is 30.5 Å². The fraction of sp³-hybridized carbons (Fsp3) is 0.0714. The molecule has 2 heterocycles. The number of nitrogens with zero attached hydrogens (tertiary/aromatic N) is 3. The molecule has 0 atom stereocenters. The molecule has 0 bridgehead atoms. The van der Waals surface area contributed by atoms with Gasteiger partial charge >= 0.3 is 0 Å². The summed E-state index contributed by atoms with van der Waals surface area (Å²) in [5, 5.41) is 6.22. The van der Waals surface area contributed by atoms with Crippen molar-refractivity contribution in [1.82, 2.24) is 20.7 Å². The summed E-state index contributed by atoms with van der Waals surface area (Å²) < 4.78 is 0. The van der Waals surface area contributed by atoms with E-state index in [9.17, 15) is 9.59 Å². The molecule has 0 aliphatic rings. The normalized spacial score (nSPS) is 10.3. The third-order valence-corrected chi connectivity index (χ3v) is 2.43. The van der Waals surface area contributed by atoms with Crippen molar-refractivity contribution >= 4 is 18.0 Å². The van der Waals surface area contributed by atoms with Crippen molar-refractivity contribution in [2.75, 3.05) is 6.54 Å². The summed E-state index contributed by atoms with van der Waals surface area (Å²) in [4.78, 5) is 31.0. The average Bonchev–Trinajstić information content (AvgIpc) is 2.54. The lowest BCUT2D eigenvalue weighted by Gasteiger charge is -2.03. The maximum atomic E-state index is 11.7. The summed E-state index contributed by atoms with van der Waals surface area (Å²) in [6.07, 6.45) is 6.05. The molecule has 0 fully saturated rings. The third-order valence-electron chi connectivity index (χ3n) is 2.43. The number of nitrogens with one attached hydrogen (secondary N) is 2. The monoisotopic (exact) mass is 283 g/mol. The summed E-state index contributed by atoms with van der Waals surface area (Å²) in [6.45, 7) is -0.166. The van der Waals surface area contributed by atoms with Gasteiger partial charge in [-0.2, -0.15) is 5.10 Å². The topological polar surface area (TPSA) is 96.3 Å². The summed E-state index contributed by atoms with van der Waals surface area (Å²) in [6, 6.07) is 8.47. The SMILES string of the molecule is O=C(CNC(=O)c1ccncc1)N/N=C\c1ccccn1. The maximum absolute atomic E-state index is 11.7. The zero-order valence-corrected chi connectivity index (χ0v) is 11.1. The molecule has 0 aromatic carbocycles. The van der Waals surface area contributed by atoms with Crippen LogP contribution in [0, 0.1) is 0 Å². The molecule has 0 aliphatic carbocycles. The predicted octanol–water partition coefficient (Wildman–Crippen LogP) is 0.357. The minimum absolute atomic E-state index is 0.166. The number of hydrogen-bond acceptors (Lipinski definition) is 5. The fourth-order valence-electron chi connectivity index (χ4n) is 1.43. The highest BCUT2D eigenvalue weighted by atomic mass is 16.2. The molecule has 7 nitrogen and oxygen atoms in total. The second-order valence-corrected chi connectivity index (χ2v) is 3.97. The number of hydrazone groups is 1. The molecule has 2 N–H and O–H groups in total. The van der Waals surface area contributed by atoms with Gasteiger partial charge in [0.1, 0.15) is 0 Å². The van der Waals surface area contributed by atoms with Gasteiger partial charge in [-0.05, 0) is 24.3 Å². The standard InChI is InChI=1S/C14H13N5O2/c20-13(19-18-9-12-3-1-2-6-16-12)10-17-14(21)11-4-7-15-8-5-11/h1-9H,10H2,(H,17,21)(H,19,20)/b18-9-. The Morgan fingerprint density at radius 2 is 1.95 bits per heavy atom. The van der Waals surface area contributed by atoms with Crippen LogP contribution in [0.1, 0.15) is 16.1 Å². The van der Waals surface area contributed by atoms with Gasteiger partial charge in [0.25, 0.3) is 11.8 Å². The summed E-state index contributed by atoms with van der Waals surface area (Å²) in [5.74, 6) is -0.772. The first-order valence-corrected chi connectivity index (χ1v) is 6.17. The van der Waals surface area contributed by atoms with E-state index in [1.807, 2.05) is 6.07 Å². The van der Waals surface area contributed by atoms with Crippen LogP contribution in [-0.2, 0) is 4.79 Å². The van der Waals surface area contributed by atoms with Crippen LogP contribution in [0.3, 0.4) is 0 Å². The second kappa shape index (κ2) is 7.49. The Bertz CT molecular complexity index is 628. The van der Waals surface area contributed by atoms with Crippen molar-refractivity contribution in [3.63, 3.8) is 0 Å². The van der Waals surface area contributed by atoms with Crippen molar-refractivity contribution in [1.29, 1.82) is 0 Å². The van der Waals surface area contributed by atoms with Crippen LogP contribution in [-0.4, -0.2) is 34.5 Å². The van der Waals surface area contributed by atoms with E-state index >= 15 is 0 Å². The lowest BCUT2D eigenvalue weighted by Crippen LogP contribution is -2.34. The molecule has 2 rings (SSSR count). The van der Waals surface area contributed by atoms with Gasteiger partial charge in [0, 0.05) is 24.2 Å². The number of carbonyl (C=O) groups is 2. The third kappa shape index (κ3) is 4.83. The Morgan fingerprint density at radius 1 is 1.14 bits per heavy atom. The predicted molar refractivity (Wildman–Crippen MR) is 76.5 cm³/mol. The minimum atomic E-state index is -0.426. The molecular weight excluding hydrogens is 270 g/mol. The van der Waals surface area contributed by atoms with Crippen molar-refractivity contribution in [3.05, 3.63) is 60.2 Å². The van der Waals surface area contributed by atoms with Gasteiger partial charge in [-0.1, -0.05) is 6.07 Å². The molecule has 0 aliphatic heterocycles. The van der Waals surface area contributed by atoms with Crippen molar-refractivity contribution in [2.24, 2.45) is 5.10 Å². The maximum Gasteiger partial charge on any atom is 0.259 e. The van der Waals surface area contributed by atoms with E-state index in [0.29, 0.717) is 11.3 Å². The van der Waals surface area contributed by atoms with Crippen LogP contribution in [0.15, 0.2) is 54.0 Å². The number of hydrogen-bond donors (Lipinski definition) is 2. The lowest BCUT2D eigenvalue weighted by atomic mass is 10.2. The molecule has 2 amide bonds. The van der Waals surface area contributed by atoms with Crippen molar-refractivity contribution in [2.45, 2.75) is 0 Å². The molecule has 2 aromatic heterocycles. The molecule has 0 unspecified atom stereocenters. The summed E-state index contributed by atoms with van der Waals surface area (Å²) in [5.41, 5.74) is 3.36. The van der Waals surface area contributed by atoms with Crippen LogP contribution in [0.5, 0.6) is 0 Å². The molecule has 0 saturated carbocycles. The number of carbonyl (C=O) groups excluding carboxylic acids is 2. The van der Waals surface area contributed by atoms with Crippen LogP contribution in [0.25, 0.3) is 0 Å². The molecule has 21 heavy (non-hydrogen) atoms. The van der Waals surface area contributed by atoms with Crippen LogP contribution >= 0.6 is 0 Å². The quantitative estimate of drug-likeness (QED) is 0.611. The first kappa shape index (κ1) is 14.3. The highest BCUT2D eigenvalue weighted by Gasteiger charge is 2.06. The lowest BCUT2D eigenvalue weighted by molar-refractivity contribution is -0.120. The van der Waals surface area contributed by atoms with Gasteiger partial charge < -0.3 is 5.32 Å². The fourth-order valence-corrected chi connectivity index (χ4v) is 1.43. The van der Waals surface area contributed by atoms with Gasteiger partial charge in [-0.15, -0.1) is 0 Å². The Labute approximate surface area is 121 Å². The van der Waals surface area contributed by atoms with Crippen LogP contribution in [0.2, 0.25) is 0 Å². The Kier molecular flexibility index (Phi) is 5.11. The summed E-state index contributed by atoms with van der Waals surface area (Å²) in [7, 11) is 0. The minimum Gasteiger partial charge on any atom is -0.343 e. The number of rotatable bonds is 5. The molecule has 0 spiro atoms. The Balaban J connectivity index is 1.75. The van der Waals surface area contributed by atoms with E-state index in [1.165, 1.54) is 18.6 Å². The molecule has 0 saturated heterocycles. The number of pyridine rings is 2. The first-order valence-electron chi connectivity index (χ1n) is 6.17. The first-order chi connectivity index (χ1) is 10.3. The van der Waals surface area contributed by atoms with Crippen LogP contribution in [0.4, 0.5) is 0 Å². The number of amides is 2. The van der Waals surface area contributed by atoms with Gasteiger partial charge in [0.05, 0.1) is 18.5 Å². The zero-order chi connectivity index (χ0) is 14.9. The summed E-state index contributed by atoms with van der Waals surface area (Å²) >= 11 is 0. The number of aromatic nitrogens is 2. The molecule has 2 aromatic rings. The van der Waals surface area contributed by atoms with Gasteiger partial charge in [0.2, 0.25) is 0 Å². The second-order valence-electron chi connectivity index (χ2n) is 3.97.